The summed E-state index contributed by atoms with van der Waals surface area (Å²) >= 11 is 8.78. The maximum absolute atomic E-state index is 6.43. The van der Waals surface area contributed by atoms with Gasteiger partial charge in [-0.15, -0.1) is 11.6 Å². The van der Waals surface area contributed by atoms with E-state index in [9.17, 15) is 0 Å². The molecule has 0 saturated heterocycles. The number of fused-ring (bicyclic) bond motifs is 1. The molecule has 0 bridgehead atoms. The normalized spacial score (nSPS) is 28.0. The fraction of sp³-hybridized carbons (Fsp3) is 0.588. The van der Waals surface area contributed by atoms with Gasteiger partial charge in [0.15, 0.2) is 0 Å². The van der Waals surface area contributed by atoms with Gasteiger partial charge in [-0.25, -0.2) is 4.98 Å². The number of hydrogen-bond acceptors (Lipinski definition) is 1. The van der Waals surface area contributed by atoms with Crippen molar-refractivity contribution in [3.05, 3.63) is 27.6 Å². The highest BCUT2D eigenvalue weighted by Gasteiger charge is 2.30. The topological polar surface area (TPSA) is 17.8 Å². The second-order valence-corrected chi connectivity index (χ2v) is 8.45. The first-order chi connectivity index (χ1) is 9.97. The largest absolute Gasteiger partial charge is 0.323 e. The summed E-state index contributed by atoms with van der Waals surface area (Å²) in [6, 6.07) is 7.06. The van der Waals surface area contributed by atoms with Crippen molar-refractivity contribution in [1.29, 1.82) is 0 Å². The zero-order chi connectivity index (χ0) is 15.1. The van der Waals surface area contributed by atoms with Gasteiger partial charge in [-0.3, -0.25) is 0 Å². The van der Waals surface area contributed by atoms with Crippen LogP contribution < -0.4 is 0 Å². The van der Waals surface area contributed by atoms with Crippen molar-refractivity contribution in [2.24, 2.45) is 11.8 Å². The Labute approximate surface area is 145 Å². The standard InChI is InChI=1S/C17H22ClIN2/c1-10-4-6-15(11(2)8-10)21-16-7-5-13(19)9-14(16)20-17(21)12(3)18/h5,7,9-12,15H,4,6,8H2,1-3H3. The Bertz CT molecular complexity index is 650. The van der Waals surface area contributed by atoms with Gasteiger partial charge in [-0.1, -0.05) is 13.8 Å². The fourth-order valence-corrected chi connectivity index (χ4v) is 4.38. The summed E-state index contributed by atoms with van der Waals surface area (Å²) in [5.41, 5.74) is 2.32. The van der Waals surface area contributed by atoms with Crippen LogP contribution in [0.25, 0.3) is 11.0 Å². The molecule has 2 aromatic rings. The molecule has 1 heterocycles. The predicted molar refractivity (Wildman–Crippen MR) is 97.9 cm³/mol. The van der Waals surface area contributed by atoms with Crippen molar-refractivity contribution in [3.63, 3.8) is 0 Å². The van der Waals surface area contributed by atoms with Crippen LogP contribution in [0.3, 0.4) is 0 Å². The third-order valence-electron chi connectivity index (χ3n) is 4.75. The molecule has 1 aromatic carbocycles. The van der Waals surface area contributed by atoms with Gasteiger partial charge in [0.1, 0.15) is 5.82 Å². The van der Waals surface area contributed by atoms with Crippen LogP contribution in [0, 0.1) is 15.4 Å². The van der Waals surface area contributed by atoms with Crippen LogP contribution in [0.2, 0.25) is 0 Å². The molecule has 4 heteroatoms. The van der Waals surface area contributed by atoms with Crippen LogP contribution in [-0.4, -0.2) is 9.55 Å². The lowest BCUT2D eigenvalue weighted by Crippen LogP contribution is -2.26. The minimum Gasteiger partial charge on any atom is -0.323 e. The second-order valence-electron chi connectivity index (χ2n) is 6.55. The highest BCUT2D eigenvalue weighted by atomic mass is 127. The fourth-order valence-electron chi connectivity index (χ4n) is 3.75. The van der Waals surface area contributed by atoms with Crippen LogP contribution in [0.4, 0.5) is 0 Å². The molecular weight excluding hydrogens is 395 g/mol. The summed E-state index contributed by atoms with van der Waals surface area (Å²) < 4.78 is 3.66. The van der Waals surface area contributed by atoms with Gasteiger partial charge in [0, 0.05) is 9.61 Å². The minimum atomic E-state index is -0.0541. The zero-order valence-corrected chi connectivity index (χ0v) is 15.7. The molecule has 4 atom stereocenters. The van der Waals surface area contributed by atoms with E-state index in [1.165, 1.54) is 28.3 Å². The Morgan fingerprint density at radius 2 is 2.10 bits per heavy atom. The van der Waals surface area contributed by atoms with Crippen LogP contribution in [0.15, 0.2) is 18.2 Å². The Morgan fingerprint density at radius 1 is 1.33 bits per heavy atom. The van der Waals surface area contributed by atoms with Crippen LogP contribution in [0.1, 0.15) is 57.3 Å². The Hall–Kier alpha value is -0.290. The van der Waals surface area contributed by atoms with Crippen LogP contribution in [-0.2, 0) is 0 Å². The first-order valence-electron chi connectivity index (χ1n) is 7.78. The van der Waals surface area contributed by atoms with Gasteiger partial charge in [0.25, 0.3) is 0 Å². The molecule has 21 heavy (non-hydrogen) atoms. The Morgan fingerprint density at radius 3 is 2.76 bits per heavy atom. The first-order valence-corrected chi connectivity index (χ1v) is 9.30. The number of aromatic nitrogens is 2. The number of alkyl halides is 1. The third-order valence-corrected chi connectivity index (χ3v) is 5.62. The highest BCUT2D eigenvalue weighted by Crippen LogP contribution is 2.40. The lowest BCUT2D eigenvalue weighted by atomic mass is 9.79. The molecule has 4 unspecified atom stereocenters. The van der Waals surface area contributed by atoms with E-state index in [1.807, 2.05) is 6.92 Å². The molecule has 0 amide bonds. The molecule has 0 radical (unpaired) electrons. The average molecular weight is 417 g/mol. The summed E-state index contributed by atoms with van der Waals surface area (Å²) in [5, 5.41) is -0.0541. The molecule has 2 nitrogen and oxygen atoms in total. The number of imidazole rings is 1. The number of rotatable bonds is 2. The van der Waals surface area contributed by atoms with E-state index in [0.29, 0.717) is 12.0 Å². The van der Waals surface area contributed by atoms with Crippen LogP contribution >= 0.6 is 34.2 Å². The zero-order valence-electron chi connectivity index (χ0n) is 12.8. The van der Waals surface area contributed by atoms with E-state index in [0.717, 1.165) is 17.3 Å². The molecule has 1 fully saturated rings. The Balaban J connectivity index is 2.13. The summed E-state index contributed by atoms with van der Waals surface area (Å²) in [6.07, 6.45) is 3.83. The number of nitrogens with zero attached hydrogens (tertiary/aromatic N) is 2. The SMILES string of the molecule is CC1CCC(n2c(C(C)Cl)nc3cc(I)ccc32)C(C)C1. The van der Waals surface area contributed by atoms with Crippen molar-refractivity contribution in [3.8, 4) is 0 Å². The van der Waals surface area contributed by atoms with Gasteiger partial charge in [-0.2, -0.15) is 0 Å². The van der Waals surface area contributed by atoms with E-state index in [2.05, 4.69) is 59.2 Å². The van der Waals surface area contributed by atoms with Crippen molar-refractivity contribution < 1.29 is 0 Å². The first kappa shape index (κ1) is 15.6. The predicted octanol–water partition coefficient (Wildman–Crippen LogP) is 5.94. The average Bonchev–Trinajstić information content (AvgIpc) is 2.77. The van der Waals surface area contributed by atoms with E-state index in [1.54, 1.807) is 0 Å². The summed E-state index contributed by atoms with van der Waals surface area (Å²) in [4.78, 5) is 4.83. The molecule has 0 spiro atoms. The number of halogens is 2. The maximum Gasteiger partial charge on any atom is 0.127 e. The number of hydrogen-bond donors (Lipinski definition) is 0. The third kappa shape index (κ3) is 2.96. The quantitative estimate of drug-likeness (QED) is 0.438. The van der Waals surface area contributed by atoms with Gasteiger partial charge in [0.05, 0.1) is 16.4 Å². The Kier molecular flexibility index (Phi) is 4.51. The molecule has 1 aliphatic rings. The van der Waals surface area contributed by atoms with E-state index < -0.39 is 0 Å². The lowest BCUT2D eigenvalue weighted by molar-refractivity contribution is 0.208. The smallest absolute Gasteiger partial charge is 0.127 e. The highest BCUT2D eigenvalue weighted by molar-refractivity contribution is 14.1. The van der Waals surface area contributed by atoms with Gasteiger partial charge in [-0.05, 0) is 78.8 Å². The lowest BCUT2D eigenvalue weighted by Gasteiger charge is -2.35. The molecule has 1 aromatic heterocycles. The summed E-state index contributed by atoms with van der Waals surface area (Å²) in [6.45, 7) is 6.77. The molecule has 0 aliphatic heterocycles. The van der Waals surface area contributed by atoms with Gasteiger partial charge >= 0.3 is 0 Å². The van der Waals surface area contributed by atoms with E-state index in [4.69, 9.17) is 16.6 Å². The van der Waals surface area contributed by atoms with Crippen LogP contribution in [0.5, 0.6) is 0 Å². The number of benzene rings is 1. The van der Waals surface area contributed by atoms with Gasteiger partial charge in [0.2, 0.25) is 0 Å². The summed E-state index contributed by atoms with van der Waals surface area (Å²) in [7, 11) is 0. The van der Waals surface area contributed by atoms with E-state index >= 15 is 0 Å². The van der Waals surface area contributed by atoms with Crippen molar-refractivity contribution >= 4 is 45.2 Å². The van der Waals surface area contributed by atoms with Crippen molar-refractivity contribution in [1.82, 2.24) is 9.55 Å². The molecule has 1 aliphatic carbocycles. The maximum atomic E-state index is 6.43. The molecule has 0 N–H and O–H groups in total. The monoisotopic (exact) mass is 416 g/mol. The molecule has 3 rings (SSSR count). The second kappa shape index (κ2) is 6.07. The van der Waals surface area contributed by atoms with Crippen molar-refractivity contribution in [2.75, 3.05) is 0 Å². The molecule has 1 saturated carbocycles. The molecular formula is C17H22ClIN2. The summed E-state index contributed by atoms with van der Waals surface area (Å²) in [5.74, 6) is 2.54. The van der Waals surface area contributed by atoms with Crippen molar-refractivity contribution in [2.45, 2.75) is 51.5 Å². The molecule has 114 valence electrons. The minimum absolute atomic E-state index is 0.0541. The van der Waals surface area contributed by atoms with Gasteiger partial charge < -0.3 is 4.57 Å². The van der Waals surface area contributed by atoms with E-state index in [-0.39, 0.29) is 5.38 Å².